The van der Waals surface area contributed by atoms with Gasteiger partial charge in [-0.3, -0.25) is 19.4 Å². The fourth-order valence-corrected chi connectivity index (χ4v) is 6.14. The third kappa shape index (κ3) is 3.82. The van der Waals surface area contributed by atoms with Gasteiger partial charge in [-0.2, -0.15) is 0 Å². The highest BCUT2D eigenvalue weighted by Crippen LogP contribution is 2.44. The Morgan fingerprint density at radius 1 is 0.865 bits per heavy atom. The molecule has 1 atom stereocenters. The number of hydrogen-bond donors (Lipinski definition) is 1. The van der Waals surface area contributed by atoms with E-state index in [1.165, 1.54) is 21.6 Å². The number of carbonyl (C=O) groups is 2. The molecular weight excluding hydrogens is 458 g/mol. The summed E-state index contributed by atoms with van der Waals surface area (Å²) in [6.07, 6.45) is 5.88. The van der Waals surface area contributed by atoms with Gasteiger partial charge in [-0.1, -0.05) is 66.7 Å². The summed E-state index contributed by atoms with van der Waals surface area (Å²) in [5.74, 6) is -0.394. The second-order valence-electron chi connectivity index (χ2n) is 10.3. The summed E-state index contributed by atoms with van der Waals surface area (Å²) in [5.41, 5.74) is 7.03. The van der Waals surface area contributed by atoms with Crippen LogP contribution in [0.25, 0.3) is 16.5 Å². The van der Waals surface area contributed by atoms with Gasteiger partial charge in [-0.15, -0.1) is 0 Å². The molecule has 3 aromatic carbocycles. The normalized spacial score (nSPS) is 19.5. The van der Waals surface area contributed by atoms with Crippen LogP contribution < -0.4 is 0 Å². The second-order valence-corrected chi connectivity index (χ2v) is 10.3. The molecule has 2 heterocycles. The zero-order valence-electron chi connectivity index (χ0n) is 21.3. The van der Waals surface area contributed by atoms with E-state index in [1.54, 1.807) is 12.1 Å². The molecule has 2 aliphatic rings. The quantitative estimate of drug-likeness (QED) is 0.337. The van der Waals surface area contributed by atoms with Crippen molar-refractivity contribution >= 4 is 28.3 Å². The molecule has 5 nitrogen and oxygen atoms in total. The smallest absolute Gasteiger partial charge is 0.261 e. The van der Waals surface area contributed by atoms with Gasteiger partial charge in [0.05, 0.1) is 11.1 Å². The summed E-state index contributed by atoms with van der Waals surface area (Å²) in [4.78, 5) is 33.4. The van der Waals surface area contributed by atoms with E-state index in [4.69, 9.17) is 0 Å². The lowest BCUT2D eigenvalue weighted by atomic mass is 9.75. The molecule has 1 aliphatic carbocycles. The fourth-order valence-electron chi connectivity index (χ4n) is 6.14. The molecule has 0 spiro atoms. The van der Waals surface area contributed by atoms with Gasteiger partial charge in [0.25, 0.3) is 11.8 Å². The van der Waals surface area contributed by atoms with Crippen molar-refractivity contribution in [2.45, 2.75) is 31.2 Å². The lowest BCUT2D eigenvalue weighted by molar-refractivity contribution is 0.0656. The molecule has 6 rings (SSSR count). The first-order chi connectivity index (χ1) is 18.0. The van der Waals surface area contributed by atoms with E-state index >= 15 is 0 Å². The molecule has 0 bridgehead atoms. The minimum absolute atomic E-state index is 0.0307. The summed E-state index contributed by atoms with van der Waals surface area (Å²) in [6, 6.07) is 26.2. The first kappa shape index (κ1) is 23.4. The number of nitrogens with zero attached hydrogens (tertiary/aromatic N) is 2. The zero-order chi connectivity index (χ0) is 25.6. The maximum atomic E-state index is 13.0. The van der Waals surface area contributed by atoms with Crippen molar-refractivity contribution in [3.8, 4) is 0 Å². The number of imide groups is 1. The Morgan fingerprint density at radius 3 is 2.16 bits per heavy atom. The Morgan fingerprint density at radius 2 is 1.51 bits per heavy atom. The van der Waals surface area contributed by atoms with Crippen molar-refractivity contribution in [3.63, 3.8) is 0 Å². The number of carbonyl (C=O) groups excluding carboxylic acids is 2. The van der Waals surface area contributed by atoms with E-state index in [1.807, 2.05) is 24.3 Å². The summed E-state index contributed by atoms with van der Waals surface area (Å²) < 4.78 is 0. The highest BCUT2D eigenvalue weighted by molar-refractivity contribution is 6.21. The van der Waals surface area contributed by atoms with Gasteiger partial charge in [0.2, 0.25) is 0 Å². The SMILES string of the molecule is CN(C)C1(c2ccccc2)CC=C(c2[nH]c3ccccc3c2CCN2C(=O)c3ccccc3C2=O)CC1. The maximum Gasteiger partial charge on any atom is 0.261 e. The first-order valence-electron chi connectivity index (χ1n) is 13.0. The van der Waals surface area contributed by atoms with Gasteiger partial charge in [-0.25, -0.2) is 0 Å². The number of rotatable bonds is 6. The maximum absolute atomic E-state index is 13.0. The Balaban J connectivity index is 1.32. The molecule has 4 aromatic rings. The molecule has 5 heteroatoms. The number of hydrogen-bond acceptors (Lipinski definition) is 3. The number of nitrogens with one attached hydrogen (secondary N) is 1. The van der Waals surface area contributed by atoms with Crippen LogP contribution in [0.3, 0.4) is 0 Å². The van der Waals surface area contributed by atoms with Crippen LogP contribution in [-0.2, 0) is 12.0 Å². The number of para-hydroxylation sites is 1. The van der Waals surface area contributed by atoms with E-state index < -0.39 is 0 Å². The van der Waals surface area contributed by atoms with Crippen LogP contribution in [0, 0.1) is 0 Å². The Kier molecular flexibility index (Phi) is 5.81. The summed E-state index contributed by atoms with van der Waals surface area (Å²) in [7, 11) is 4.34. The largest absolute Gasteiger partial charge is 0.355 e. The van der Waals surface area contributed by atoms with Crippen LogP contribution in [0.5, 0.6) is 0 Å². The van der Waals surface area contributed by atoms with Gasteiger partial charge in [-0.05, 0) is 74.7 Å². The van der Waals surface area contributed by atoms with Gasteiger partial charge in [0.1, 0.15) is 0 Å². The number of fused-ring (bicyclic) bond motifs is 2. The fraction of sp³-hybridized carbons (Fsp3) is 0.250. The van der Waals surface area contributed by atoms with Crippen molar-refractivity contribution in [2.24, 2.45) is 0 Å². The summed E-state index contributed by atoms with van der Waals surface area (Å²) in [5, 5.41) is 1.16. The van der Waals surface area contributed by atoms with Crippen molar-refractivity contribution in [1.29, 1.82) is 0 Å². The molecule has 0 saturated heterocycles. The van der Waals surface area contributed by atoms with Crippen LogP contribution >= 0.6 is 0 Å². The summed E-state index contributed by atoms with van der Waals surface area (Å²) >= 11 is 0. The number of aromatic nitrogens is 1. The predicted octanol–water partition coefficient (Wildman–Crippen LogP) is 6.03. The molecular formula is C32H31N3O2. The van der Waals surface area contributed by atoms with Gasteiger partial charge < -0.3 is 4.98 Å². The van der Waals surface area contributed by atoms with Crippen molar-refractivity contribution in [2.75, 3.05) is 20.6 Å². The number of allylic oxidation sites excluding steroid dienone is 1. The standard InChI is InChI=1S/C32H31N3O2/c1-34(2)32(23-10-4-3-5-11-23)19-16-22(17-20-32)29-25(24-12-8-9-15-28(24)33-29)18-21-35-30(36)26-13-6-7-14-27(26)31(35)37/h3-16,33H,17-21H2,1-2H3. The number of amides is 2. The average Bonchev–Trinajstić information content (AvgIpc) is 3.42. The van der Waals surface area contributed by atoms with Crippen LogP contribution in [0.4, 0.5) is 0 Å². The van der Waals surface area contributed by atoms with Gasteiger partial charge >= 0.3 is 0 Å². The number of aromatic amines is 1. The Labute approximate surface area is 217 Å². The Hall–Kier alpha value is -3.96. The molecule has 1 unspecified atom stereocenters. The van der Waals surface area contributed by atoms with E-state index in [0.717, 1.165) is 35.9 Å². The highest BCUT2D eigenvalue weighted by atomic mass is 16.2. The van der Waals surface area contributed by atoms with Crippen LogP contribution in [0.2, 0.25) is 0 Å². The molecule has 0 saturated carbocycles. The topological polar surface area (TPSA) is 56.4 Å². The third-order valence-electron chi connectivity index (χ3n) is 8.26. The molecule has 2 amide bonds. The molecule has 0 radical (unpaired) electrons. The minimum atomic E-state index is -0.197. The molecule has 1 N–H and O–H groups in total. The van der Waals surface area contributed by atoms with Crippen LogP contribution in [-0.4, -0.2) is 47.2 Å². The zero-order valence-corrected chi connectivity index (χ0v) is 21.3. The first-order valence-corrected chi connectivity index (χ1v) is 13.0. The van der Waals surface area contributed by atoms with Gasteiger partial charge in [0, 0.05) is 28.7 Å². The van der Waals surface area contributed by atoms with Crippen molar-refractivity contribution < 1.29 is 9.59 Å². The lowest BCUT2D eigenvalue weighted by Crippen LogP contribution is -2.42. The molecule has 0 fully saturated rings. The van der Waals surface area contributed by atoms with E-state index in [0.29, 0.717) is 24.1 Å². The second kappa shape index (κ2) is 9.16. The van der Waals surface area contributed by atoms with E-state index in [-0.39, 0.29) is 17.4 Å². The molecule has 1 aromatic heterocycles. The highest BCUT2D eigenvalue weighted by Gasteiger charge is 2.37. The monoisotopic (exact) mass is 489 g/mol. The Bertz CT molecular complexity index is 1500. The number of benzene rings is 3. The third-order valence-corrected chi connectivity index (χ3v) is 8.26. The van der Waals surface area contributed by atoms with Crippen LogP contribution in [0.1, 0.15) is 56.8 Å². The molecule has 1 aliphatic heterocycles. The summed E-state index contributed by atoms with van der Waals surface area (Å²) in [6.45, 7) is 0.361. The van der Waals surface area contributed by atoms with Gasteiger partial charge in [0.15, 0.2) is 0 Å². The molecule has 37 heavy (non-hydrogen) atoms. The average molecular weight is 490 g/mol. The lowest BCUT2D eigenvalue weighted by Gasteiger charge is -2.43. The molecule has 186 valence electrons. The van der Waals surface area contributed by atoms with Crippen molar-refractivity contribution in [3.05, 3.63) is 113 Å². The number of H-pyrrole nitrogens is 1. The van der Waals surface area contributed by atoms with Crippen molar-refractivity contribution in [1.82, 2.24) is 14.8 Å². The predicted molar refractivity (Wildman–Crippen MR) is 147 cm³/mol. The van der Waals surface area contributed by atoms with E-state index in [9.17, 15) is 9.59 Å². The van der Waals surface area contributed by atoms with E-state index in [2.05, 4.69) is 72.5 Å². The minimum Gasteiger partial charge on any atom is -0.355 e. The van der Waals surface area contributed by atoms with Crippen LogP contribution in [0.15, 0.2) is 84.9 Å².